The third-order valence-electron chi connectivity index (χ3n) is 5.60. The van der Waals surface area contributed by atoms with Crippen LogP contribution in [-0.4, -0.2) is 63.7 Å². The molecule has 0 spiro atoms. The van der Waals surface area contributed by atoms with Crippen molar-refractivity contribution in [3.63, 3.8) is 0 Å². The number of carbonyl (C=O) groups excluding carboxylic acids is 2. The lowest BCUT2D eigenvalue weighted by atomic mass is 10.1. The van der Waals surface area contributed by atoms with Gasteiger partial charge >= 0.3 is 5.97 Å². The summed E-state index contributed by atoms with van der Waals surface area (Å²) >= 11 is 18.9. The topological polar surface area (TPSA) is 71.1 Å². The summed E-state index contributed by atoms with van der Waals surface area (Å²) in [4.78, 5) is 29.2. The molecule has 1 heterocycles. The molecule has 1 fully saturated rings. The van der Waals surface area contributed by atoms with Crippen molar-refractivity contribution in [3.8, 4) is 5.75 Å². The van der Waals surface area contributed by atoms with Crippen LogP contribution in [0.3, 0.4) is 0 Å². The van der Waals surface area contributed by atoms with Gasteiger partial charge in [0.25, 0.3) is 5.91 Å². The number of likely N-dealkylation sites (N-methyl/N-ethyl adjacent to an activating group) is 1. The van der Waals surface area contributed by atoms with Gasteiger partial charge in [0.05, 0.1) is 34.1 Å². The van der Waals surface area contributed by atoms with E-state index in [-0.39, 0.29) is 22.4 Å². The number of methoxy groups -OCH3 is 1. The largest absolute Gasteiger partial charge is 0.481 e. The van der Waals surface area contributed by atoms with Crippen LogP contribution in [0.1, 0.15) is 21.5 Å². The molecule has 0 atom stereocenters. The molecule has 2 aromatic rings. The lowest BCUT2D eigenvalue weighted by molar-refractivity contribution is -0.118. The molecule has 0 unspecified atom stereocenters. The molecule has 1 aliphatic heterocycles. The number of piperazine rings is 1. The summed E-state index contributed by atoms with van der Waals surface area (Å²) in [6.45, 7) is 6.54. The van der Waals surface area contributed by atoms with Crippen LogP contribution in [0.2, 0.25) is 15.1 Å². The summed E-state index contributed by atoms with van der Waals surface area (Å²) in [5.74, 6) is -0.711. The molecule has 0 aromatic heterocycles. The average molecular weight is 515 g/mol. The summed E-state index contributed by atoms with van der Waals surface area (Å²) < 4.78 is 10.5. The Morgan fingerprint density at radius 2 is 1.61 bits per heavy atom. The highest BCUT2D eigenvalue weighted by atomic mass is 35.5. The van der Waals surface area contributed by atoms with Crippen LogP contribution in [0.4, 0.5) is 11.4 Å². The quantitative estimate of drug-likeness (QED) is 0.557. The van der Waals surface area contributed by atoms with E-state index in [1.165, 1.54) is 7.11 Å². The van der Waals surface area contributed by atoms with Gasteiger partial charge in [-0.05, 0) is 50.2 Å². The molecule has 0 bridgehead atoms. The standard InChI is InChI=1S/C23H26Cl3N3O4/c1-13-19(24)14(2)21(26)22(20(13)25)33-12-18(30)27-16-11-15(23(31)32-4)5-6-17(16)29-9-7-28(3)8-10-29/h5-6,11H,7-10,12H2,1-4H3,(H,27,30). The monoisotopic (exact) mass is 513 g/mol. The maximum atomic E-state index is 12.8. The molecule has 10 heteroatoms. The van der Waals surface area contributed by atoms with Gasteiger partial charge in [-0.1, -0.05) is 34.8 Å². The minimum Gasteiger partial charge on any atom is -0.481 e. The first-order valence-electron chi connectivity index (χ1n) is 10.4. The normalized spacial score (nSPS) is 14.2. The van der Waals surface area contributed by atoms with Gasteiger partial charge in [-0.2, -0.15) is 0 Å². The van der Waals surface area contributed by atoms with Crippen molar-refractivity contribution in [1.82, 2.24) is 4.90 Å². The Morgan fingerprint density at radius 3 is 2.18 bits per heavy atom. The minimum absolute atomic E-state index is 0.204. The van der Waals surface area contributed by atoms with E-state index in [1.807, 2.05) is 6.07 Å². The summed E-state index contributed by atoms with van der Waals surface area (Å²) in [6.07, 6.45) is 0. The SMILES string of the molecule is COC(=O)c1ccc(N2CCN(C)CC2)c(NC(=O)COc2c(Cl)c(C)c(Cl)c(C)c2Cl)c1. The van der Waals surface area contributed by atoms with E-state index in [2.05, 4.69) is 22.2 Å². The number of ether oxygens (including phenoxy) is 2. The number of hydrogen-bond donors (Lipinski definition) is 1. The second-order valence-electron chi connectivity index (χ2n) is 7.87. The number of amides is 1. The van der Waals surface area contributed by atoms with Crippen molar-refractivity contribution in [2.75, 3.05) is 57.2 Å². The molecule has 0 saturated carbocycles. The predicted octanol–water partition coefficient (Wildman–Crippen LogP) is 4.82. The van der Waals surface area contributed by atoms with Crippen LogP contribution in [0, 0.1) is 13.8 Å². The number of esters is 1. The predicted molar refractivity (Wildman–Crippen MR) is 133 cm³/mol. The Balaban J connectivity index is 1.81. The van der Waals surface area contributed by atoms with E-state index in [9.17, 15) is 9.59 Å². The van der Waals surface area contributed by atoms with Gasteiger partial charge in [0.1, 0.15) is 0 Å². The van der Waals surface area contributed by atoms with Crippen LogP contribution >= 0.6 is 34.8 Å². The Hall–Kier alpha value is -2.19. The third kappa shape index (κ3) is 5.66. The van der Waals surface area contributed by atoms with E-state index in [1.54, 1.807) is 26.0 Å². The Bertz CT molecular complexity index is 1040. The number of anilines is 2. The van der Waals surface area contributed by atoms with Crippen molar-refractivity contribution in [2.24, 2.45) is 0 Å². The highest BCUT2D eigenvalue weighted by molar-refractivity contribution is 6.42. The molecular weight excluding hydrogens is 489 g/mol. The summed E-state index contributed by atoms with van der Waals surface area (Å²) in [5, 5.41) is 3.82. The van der Waals surface area contributed by atoms with Crippen LogP contribution in [0.15, 0.2) is 18.2 Å². The van der Waals surface area contributed by atoms with E-state index in [0.717, 1.165) is 31.9 Å². The average Bonchev–Trinajstić information content (AvgIpc) is 2.81. The van der Waals surface area contributed by atoms with Crippen molar-refractivity contribution in [2.45, 2.75) is 13.8 Å². The highest BCUT2D eigenvalue weighted by Gasteiger charge is 2.22. The Morgan fingerprint density at radius 1 is 1.00 bits per heavy atom. The molecule has 33 heavy (non-hydrogen) atoms. The van der Waals surface area contributed by atoms with Gasteiger partial charge in [-0.25, -0.2) is 4.79 Å². The van der Waals surface area contributed by atoms with Crippen LogP contribution < -0.4 is 15.0 Å². The second-order valence-corrected chi connectivity index (χ2v) is 9.01. The van der Waals surface area contributed by atoms with Gasteiger partial charge in [0, 0.05) is 31.2 Å². The number of benzene rings is 2. The first-order chi connectivity index (χ1) is 15.6. The molecule has 178 valence electrons. The van der Waals surface area contributed by atoms with Gasteiger partial charge in [0.15, 0.2) is 12.4 Å². The van der Waals surface area contributed by atoms with Gasteiger partial charge in [-0.15, -0.1) is 0 Å². The fourth-order valence-electron chi connectivity index (χ4n) is 3.57. The van der Waals surface area contributed by atoms with Crippen molar-refractivity contribution < 1.29 is 19.1 Å². The highest BCUT2D eigenvalue weighted by Crippen LogP contribution is 2.42. The first kappa shape index (κ1) is 25.4. The zero-order valence-corrected chi connectivity index (χ0v) is 21.2. The molecule has 1 aliphatic rings. The van der Waals surface area contributed by atoms with Gasteiger partial charge in [0.2, 0.25) is 0 Å². The lowest BCUT2D eigenvalue weighted by Crippen LogP contribution is -2.44. The fraction of sp³-hybridized carbons (Fsp3) is 0.391. The maximum absolute atomic E-state index is 12.8. The summed E-state index contributed by atoms with van der Waals surface area (Å²) in [7, 11) is 3.38. The molecular formula is C23H26Cl3N3O4. The molecule has 2 aromatic carbocycles. The molecule has 1 saturated heterocycles. The smallest absolute Gasteiger partial charge is 0.337 e. The third-order valence-corrected chi connectivity index (χ3v) is 7.08. The van der Waals surface area contributed by atoms with Crippen molar-refractivity contribution in [3.05, 3.63) is 50.0 Å². The molecule has 0 aliphatic carbocycles. The summed E-state index contributed by atoms with van der Waals surface area (Å²) in [5.41, 5.74) is 2.90. The Labute approximate surface area is 208 Å². The van der Waals surface area contributed by atoms with Crippen LogP contribution in [0.25, 0.3) is 0 Å². The van der Waals surface area contributed by atoms with Gasteiger partial charge in [-0.3, -0.25) is 4.79 Å². The van der Waals surface area contributed by atoms with Crippen molar-refractivity contribution >= 4 is 58.1 Å². The zero-order chi connectivity index (χ0) is 24.3. The number of nitrogens with one attached hydrogen (secondary N) is 1. The zero-order valence-electron chi connectivity index (χ0n) is 18.9. The molecule has 1 N–H and O–H groups in total. The van der Waals surface area contributed by atoms with E-state index in [4.69, 9.17) is 44.3 Å². The maximum Gasteiger partial charge on any atom is 0.337 e. The van der Waals surface area contributed by atoms with Crippen LogP contribution in [0.5, 0.6) is 5.75 Å². The van der Waals surface area contributed by atoms with E-state index in [0.29, 0.717) is 27.4 Å². The molecule has 3 rings (SSSR count). The van der Waals surface area contributed by atoms with E-state index < -0.39 is 11.9 Å². The molecule has 1 amide bonds. The lowest BCUT2D eigenvalue weighted by Gasteiger charge is -2.35. The molecule has 0 radical (unpaired) electrons. The Kier molecular flexibility index (Phi) is 8.34. The number of hydrogen-bond acceptors (Lipinski definition) is 6. The fourth-order valence-corrected chi connectivity index (χ4v) is 4.39. The van der Waals surface area contributed by atoms with Crippen LogP contribution in [-0.2, 0) is 9.53 Å². The first-order valence-corrected chi connectivity index (χ1v) is 11.5. The second kappa shape index (κ2) is 10.8. The minimum atomic E-state index is -0.489. The number of nitrogens with zero attached hydrogens (tertiary/aromatic N) is 2. The van der Waals surface area contributed by atoms with E-state index >= 15 is 0 Å². The summed E-state index contributed by atoms with van der Waals surface area (Å²) in [6, 6.07) is 5.10. The van der Waals surface area contributed by atoms with Gasteiger partial charge < -0.3 is 24.6 Å². The number of carbonyl (C=O) groups is 2. The molecule has 7 nitrogen and oxygen atoms in total. The number of rotatable bonds is 6. The number of halogens is 3. The van der Waals surface area contributed by atoms with Crippen molar-refractivity contribution in [1.29, 1.82) is 0 Å².